The number of allylic oxidation sites excluding steroid dienone is 2. The van der Waals surface area contributed by atoms with E-state index in [2.05, 4.69) is 33.8 Å². The second-order valence-electron chi connectivity index (χ2n) is 3.25. The molecule has 0 bridgehead atoms. The Morgan fingerprint density at radius 3 is 2.27 bits per heavy atom. The molecule has 0 nitrogen and oxygen atoms in total. The van der Waals surface area contributed by atoms with E-state index in [0.717, 1.165) is 0 Å². The normalized spacial score (nSPS) is 10.3. The van der Waals surface area contributed by atoms with Crippen LogP contribution >= 0.6 is 0 Å². The molecule has 11 heavy (non-hydrogen) atoms. The van der Waals surface area contributed by atoms with Crippen LogP contribution in [0.2, 0.25) is 0 Å². The highest BCUT2D eigenvalue weighted by atomic mass is 14.0. The molecular weight excluding hydrogens is 132 g/mol. The van der Waals surface area contributed by atoms with Crippen molar-refractivity contribution in [3.63, 3.8) is 0 Å². The summed E-state index contributed by atoms with van der Waals surface area (Å²) >= 11 is 0. The van der Waals surface area contributed by atoms with E-state index in [1.807, 2.05) is 0 Å². The van der Waals surface area contributed by atoms with Gasteiger partial charge in [-0.25, -0.2) is 0 Å². The zero-order valence-electron chi connectivity index (χ0n) is 8.19. The molecule has 0 heterocycles. The molecule has 1 unspecified atom stereocenters. The summed E-state index contributed by atoms with van der Waals surface area (Å²) < 4.78 is 0. The summed E-state index contributed by atoms with van der Waals surface area (Å²) in [5.74, 6) is 0.598. The molecular formula is C11H21. The molecule has 0 N–H and O–H groups in total. The first-order valence-electron chi connectivity index (χ1n) is 4.71. The first-order chi connectivity index (χ1) is 5.20. The van der Waals surface area contributed by atoms with Crippen LogP contribution < -0.4 is 0 Å². The highest BCUT2D eigenvalue weighted by Gasteiger charge is 1.92. The van der Waals surface area contributed by atoms with Gasteiger partial charge < -0.3 is 0 Å². The molecule has 0 spiro atoms. The Morgan fingerprint density at radius 2 is 1.91 bits per heavy atom. The standard InChI is InChI=1S/C11H21/c1-5-11(6-2)9-7-8-10(3)4/h9-10H,3,5-8H2,1-2,4H3. The molecule has 0 fully saturated rings. The number of hydrogen-bond donors (Lipinski definition) is 0. The Labute approximate surface area is 71.7 Å². The smallest absolute Gasteiger partial charge is 0.0346 e. The van der Waals surface area contributed by atoms with E-state index >= 15 is 0 Å². The first-order valence-corrected chi connectivity index (χ1v) is 4.71. The fourth-order valence-electron chi connectivity index (χ4n) is 1.11. The zero-order valence-corrected chi connectivity index (χ0v) is 8.19. The van der Waals surface area contributed by atoms with Crippen LogP contribution in [-0.4, -0.2) is 0 Å². The van der Waals surface area contributed by atoms with Crippen molar-refractivity contribution in [1.82, 2.24) is 0 Å². The van der Waals surface area contributed by atoms with Crippen molar-refractivity contribution in [1.29, 1.82) is 0 Å². The lowest BCUT2D eigenvalue weighted by atomic mass is 10.0. The minimum atomic E-state index is 0.598. The molecule has 0 saturated carbocycles. The van der Waals surface area contributed by atoms with Crippen molar-refractivity contribution in [3.05, 3.63) is 18.6 Å². The molecule has 0 aliphatic carbocycles. The summed E-state index contributed by atoms with van der Waals surface area (Å²) in [6, 6.07) is 0. The van der Waals surface area contributed by atoms with Crippen molar-refractivity contribution >= 4 is 0 Å². The lowest BCUT2D eigenvalue weighted by molar-refractivity contribution is 0.650. The molecule has 0 heteroatoms. The maximum Gasteiger partial charge on any atom is -0.0346 e. The molecule has 0 rings (SSSR count). The average Bonchev–Trinajstić information content (AvgIpc) is 1.98. The van der Waals surface area contributed by atoms with Gasteiger partial charge in [0.2, 0.25) is 0 Å². The van der Waals surface area contributed by atoms with E-state index in [-0.39, 0.29) is 0 Å². The lowest BCUT2D eigenvalue weighted by Gasteiger charge is -2.02. The van der Waals surface area contributed by atoms with E-state index in [0.29, 0.717) is 5.92 Å². The van der Waals surface area contributed by atoms with Crippen LogP contribution in [0.3, 0.4) is 0 Å². The van der Waals surface area contributed by atoms with Crippen LogP contribution in [-0.2, 0) is 0 Å². The largest absolute Gasteiger partial charge is 0.0853 e. The molecule has 0 aromatic heterocycles. The molecule has 0 aromatic rings. The number of hydrogen-bond acceptors (Lipinski definition) is 0. The summed E-state index contributed by atoms with van der Waals surface area (Å²) in [4.78, 5) is 0. The van der Waals surface area contributed by atoms with Gasteiger partial charge in [-0.05, 0) is 31.6 Å². The van der Waals surface area contributed by atoms with Crippen molar-refractivity contribution in [2.75, 3.05) is 0 Å². The predicted octanol–water partition coefficient (Wildman–Crippen LogP) is 3.98. The zero-order chi connectivity index (χ0) is 8.69. The van der Waals surface area contributed by atoms with Gasteiger partial charge in [0.05, 0.1) is 0 Å². The third-order valence-electron chi connectivity index (χ3n) is 2.00. The van der Waals surface area contributed by atoms with Gasteiger partial charge in [0.25, 0.3) is 0 Å². The van der Waals surface area contributed by atoms with Gasteiger partial charge in [-0.1, -0.05) is 39.3 Å². The van der Waals surface area contributed by atoms with Gasteiger partial charge in [-0.2, -0.15) is 0 Å². The maximum absolute atomic E-state index is 3.96. The second kappa shape index (κ2) is 6.45. The third kappa shape index (κ3) is 6.15. The Morgan fingerprint density at radius 1 is 1.36 bits per heavy atom. The molecule has 1 atom stereocenters. The summed E-state index contributed by atoms with van der Waals surface area (Å²) in [6.45, 7) is 10.6. The molecule has 0 aliphatic rings. The number of rotatable bonds is 5. The van der Waals surface area contributed by atoms with Gasteiger partial charge >= 0.3 is 0 Å². The lowest BCUT2D eigenvalue weighted by Crippen LogP contribution is -1.86. The first kappa shape index (κ1) is 10.7. The summed E-state index contributed by atoms with van der Waals surface area (Å²) in [5, 5.41) is 0. The van der Waals surface area contributed by atoms with E-state index in [1.165, 1.54) is 25.7 Å². The fraction of sp³-hybridized carbons (Fsp3) is 0.727. The summed E-state index contributed by atoms with van der Waals surface area (Å²) in [5.41, 5.74) is 1.59. The van der Waals surface area contributed by atoms with Crippen molar-refractivity contribution in [3.8, 4) is 0 Å². The second-order valence-corrected chi connectivity index (χ2v) is 3.25. The van der Waals surface area contributed by atoms with Crippen LogP contribution in [0.5, 0.6) is 0 Å². The highest BCUT2D eigenvalue weighted by Crippen LogP contribution is 2.10. The monoisotopic (exact) mass is 153 g/mol. The van der Waals surface area contributed by atoms with Crippen LogP contribution in [0.15, 0.2) is 11.6 Å². The topological polar surface area (TPSA) is 0 Å². The highest BCUT2D eigenvalue weighted by molar-refractivity contribution is 4.99. The molecule has 65 valence electrons. The van der Waals surface area contributed by atoms with E-state index in [4.69, 9.17) is 0 Å². The molecule has 0 saturated heterocycles. The van der Waals surface area contributed by atoms with Crippen molar-refractivity contribution < 1.29 is 0 Å². The Balaban J connectivity index is 3.53. The van der Waals surface area contributed by atoms with Gasteiger partial charge in [0.1, 0.15) is 0 Å². The maximum atomic E-state index is 3.96. The van der Waals surface area contributed by atoms with Crippen LogP contribution in [0.1, 0.15) is 46.5 Å². The molecule has 0 amide bonds. The Kier molecular flexibility index (Phi) is 6.30. The van der Waals surface area contributed by atoms with Crippen LogP contribution in [0, 0.1) is 12.8 Å². The van der Waals surface area contributed by atoms with E-state index < -0.39 is 0 Å². The van der Waals surface area contributed by atoms with Gasteiger partial charge in [0.15, 0.2) is 0 Å². The fourth-order valence-corrected chi connectivity index (χ4v) is 1.11. The van der Waals surface area contributed by atoms with Gasteiger partial charge in [-0.15, -0.1) is 0 Å². The third-order valence-corrected chi connectivity index (χ3v) is 2.00. The quantitative estimate of drug-likeness (QED) is 0.524. The van der Waals surface area contributed by atoms with E-state index in [1.54, 1.807) is 5.57 Å². The molecule has 0 aromatic carbocycles. The summed E-state index contributed by atoms with van der Waals surface area (Å²) in [6.07, 6.45) is 7.23. The van der Waals surface area contributed by atoms with Crippen LogP contribution in [0.25, 0.3) is 0 Å². The molecule has 0 aliphatic heterocycles. The Bertz CT molecular complexity index is 103. The van der Waals surface area contributed by atoms with Gasteiger partial charge in [-0.3, -0.25) is 0 Å². The summed E-state index contributed by atoms with van der Waals surface area (Å²) in [7, 11) is 0. The van der Waals surface area contributed by atoms with Gasteiger partial charge in [0, 0.05) is 0 Å². The SMILES string of the molecule is [CH2]C(C)CCC=C(CC)CC. The van der Waals surface area contributed by atoms with Crippen LogP contribution in [0.4, 0.5) is 0 Å². The predicted molar refractivity (Wildman–Crippen MR) is 52.4 cm³/mol. The van der Waals surface area contributed by atoms with Crippen molar-refractivity contribution in [2.24, 2.45) is 5.92 Å². The Hall–Kier alpha value is -0.260. The minimum Gasteiger partial charge on any atom is -0.0853 e. The van der Waals surface area contributed by atoms with E-state index in [9.17, 15) is 0 Å². The van der Waals surface area contributed by atoms with Crippen molar-refractivity contribution in [2.45, 2.75) is 46.5 Å². The molecule has 1 radical (unpaired) electrons. The average molecular weight is 153 g/mol. The minimum absolute atomic E-state index is 0.598.